The Balaban J connectivity index is 1.44. The molecule has 2 fully saturated rings. The monoisotopic (exact) mass is 339 g/mol. The van der Waals surface area contributed by atoms with Crippen LogP contribution in [-0.4, -0.2) is 28.0 Å². The summed E-state index contributed by atoms with van der Waals surface area (Å²) in [6.07, 6.45) is 7.71. The molecule has 3 aliphatic rings. The lowest BCUT2D eigenvalue weighted by Crippen LogP contribution is -2.38. The van der Waals surface area contributed by atoms with Crippen molar-refractivity contribution in [1.29, 1.82) is 0 Å². The third-order valence-corrected chi connectivity index (χ3v) is 5.91. The maximum Gasteiger partial charge on any atom is 0.169 e. The van der Waals surface area contributed by atoms with Gasteiger partial charge in [0, 0.05) is 48.3 Å². The van der Waals surface area contributed by atoms with Gasteiger partial charge < -0.3 is 4.74 Å². The van der Waals surface area contributed by atoms with Crippen LogP contribution in [0.1, 0.15) is 60.3 Å². The number of hydrogen-bond donors (Lipinski definition) is 0. The number of rotatable bonds is 4. The molecule has 5 rings (SSSR count). The summed E-state index contributed by atoms with van der Waals surface area (Å²) in [5.41, 5.74) is 3.18. The van der Waals surface area contributed by atoms with Gasteiger partial charge in [0.15, 0.2) is 11.6 Å². The van der Waals surface area contributed by atoms with Crippen molar-refractivity contribution in [3.8, 4) is 5.75 Å². The normalized spacial score (nSPS) is 25.0. The average Bonchev–Trinajstić information content (AvgIpc) is 3.43. The Kier molecular flexibility index (Phi) is 3.52. The number of ether oxygens (including phenoxy) is 1. The second-order valence-electron chi connectivity index (χ2n) is 7.46. The van der Waals surface area contributed by atoms with Crippen LogP contribution in [-0.2, 0) is 13.0 Å². The Morgan fingerprint density at radius 3 is 2.92 bits per heavy atom. The molecule has 130 valence electrons. The van der Waals surface area contributed by atoms with E-state index in [4.69, 9.17) is 9.72 Å². The van der Waals surface area contributed by atoms with Crippen LogP contribution >= 0.6 is 0 Å². The van der Waals surface area contributed by atoms with Crippen LogP contribution in [0.15, 0.2) is 24.4 Å². The number of aromatic nitrogens is 2. The molecule has 1 aromatic heterocycles. The Labute approximate surface area is 147 Å². The molecule has 2 aliphatic heterocycles. The summed E-state index contributed by atoms with van der Waals surface area (Å²) in [4.78, 5) is 11.9. The van der Waals surface area contributed by atoms with Crippen molar-refractivity contribution in [3.63, 3.8) is 0 Å². The molecule has 1 saturated carbocycles. The van der Waals surface area contributed by atoms with Gasteiger partial charge in [-0.2, -0.15) is 0 Å². The van der Waals surface area contributed by atoms with E-state index in [-0.39, 0.29) is 5.82 Å². The molecule has 4 nitrogen and oxygen atoms in total. The van der Waals surface area contributed by atoms with E-state index in [9.17, 15) is 4.39 Å². The predicted octanol–water partition coefficient (Wildman–Crippen LogP) is 3.76. The van der Waals surface area contributed by atoms with Crippen LogP contribution in [0.3, 0.4) is 0 Å². The summed E-state index contributed by atoms with van der Waals surface area (Å²) in [6, 6.07) is 6.16. The van der Waals surface area contributed by atoms with E-state index in [0.29, 0.717) is 35.9 Å². The third kappa shape index (κ3) is 2.53. The maximum atomic E-state index is 14.6. The number of fused-ring (bicyclic) bond motifs is 4. The first-order valence-electron chi connectivity index (χ1n) is 9.17. The van der Waals surface area contributed by atoms with Crippen molar-refractivity contribution in [2.24, 2.45) is 0 Å². The molecule has 1 aliphatic carbocycles. The Bertz CT molecular complexity index is 821. The zero-order valence-electron chi connectivity index (χ0n) is 14.4. The fourth-order valence-corrected chi connectivity index (χ4v) is 4.41. The molecule has 0 unspecified atom stereocenters. The quantitative estimate of drug-likeness (QED) is 0.850. The molecule has 25 heavy (non-hydrogen) atoms. The molecule has 0 radical (unpaired) electrons. The SMILES string of the molecule is COc1cccc(CN2[C@H]3CC[C@H]2c2cnc(C4CC4)nc2C3)c1F. The van der Waals surface area contributed by atoms with Crippen molar-refractivity contribution < 1.29 is 9.13 Å². The Morgan fingerprint density at radius 1 is 1.24 bits per heavy atom. The summed E-state index contributed by atoms with van der Waals surface area (Å²) in [7, 11) is 1.51. The smallest absolute Gasteiger partial charge is 0.169 e. The third-order valence-electron chi connectivity index (χ3n) is 5.91. The van der Waals surface area contributed by atoms with Gasteiger partial charge in [0.2, 0.25) is 0 Å². The van der Waals surface area contributed by atoms with Crippen LogP contribution in [0, 0.1) is 5.82 Å². The topological polar surface area (TPSA) is 38.2 Å². The number of nitrogens with zero attached hydrogens (tertiary/aromatic N) is 3. The molecule has 2 bridgehead atoms. The number of halogens is 1. The number of methoxy groups -OCH3 is 1. The molecule has 1 aromatic carbocycles. The predicted molar refractivity (Wildman–Crippen MR) is 92.0 cm³/mol. The highest BCUT2D eigenvalue weighted by Gasteiger charge is 2.41. The molecule has 0 N–H and O–H groups in total. The van der Waals surface area contributed by atoms with Crippen molar-refractivity contribution in [3.05, 3.63) is 52.9 Å². The molecule has 5 heteroatoms. The lowest BCUT2D eigenvalue weighted by Gasteiger charge is -2.35. The van der Waals surface area contributed by atoms with Crippen LogP contribution in [0.4, 0.5) is 4.39 Å². The molecule has 2 atom stereocenters. The van der Waals surface area contributed by atoms with Gasteiger partial charge >= 0.3 is 0 Å². The largest absolute Gasteiger partial charge is 0.494 e. The zero-order chi connectivity index (χ0) is 17.0. The molecule has 0 spiro atoms. The van der Waals surface area contributed by atoms with E-state index in [1.807, 2.05) is 18.3 Å². The van der Waals surface area contributed by atoms with E-state index in [0.717, 1.165) is 25.1 Å². The lowest BCUT2D eigenvalue weighted by molar-refractivity contribution is 0.163. The molecule has 3 heterocycles. The zero-order valence-corrected chi connectivity index (χ0v) is 14.4. The fourth-order valence-electron chi connectivity index (χ4n) is 4.41. The van der Waals surface area contributed by atoms with Crippen LogP contribution in [0.2, 0.25) is 0 Å². The van der Waals surface area contributed by atoms with Crippen molar-refractivity contribution in [2.45, 2.75) is 56.7 Å². The van der Waals surface area contributed by atoms with Gasteiger partial charge in [-0.3, -0.25) is 4.90 Å². The maximum absolute atomic E-state index is 14.6. The summed E-state index contributed by atoms with van der Waals surface area (Å²) in [5.74, 6) is 1.70. The van der Waals surface area contributed by atoms with Crippen molar-refractivity contribution in [1.82, 2.24) is 14.9 Å². The highest BCUT2D eigenvalue weighted by molar-refractivity contribution is 5.33. The highest BCUT2D eigenvalue weighted by Crippen LogP contribution is 2.45. The fraction of sp³-hybridized carbons (Fsp3) is 0.500. The first-order chi connectivity index (χ1) is 12.2. The van der Waals surface area contributed by atoms with Gasteiger partial charge in [0.1, 0.15) is 5.82 Å². The lowest BCUT2D eigenvalue weighted by atomic mass is 9.98. The van der Waals surface area contributed by atoms with Gasteiger partial charge in [-0.25, -0.2) is 14.4 Å². The molecular formula is C20H22FN3O. The first-order valence-corrected chi connectivity index (χ1v) is 9.17. The van der Waals surface area contributed by atoms with E-state index in [1.165, 1.54) is 31.2 Å². The number of hydrogen-bond acceptors (Lipinski definition) is 4. The summed E-state index contributed by atoms with van der Waals surface area (Å²) < 4.78 is 19.7. The van der Waals surface area contributed by atoms with Gasteiger partial charge in [-0.1, -0.05) is 12.1 Å². The Morgan fingerprint density at radius 2 is 2.12 bits per heavy atom. The Hall–Kier alpha value is -2.01. The molecular weight excluding hydrogens is 317 g/mol. The van der Waals surface area contributed by atoms with Crippen molar-refractivity contribution >= 4 is 0 Å². The summed E-state index contributed by atoms with van der Waals surface area (Å²) in [5, 5.41) is 0. The van der Waals surface area contributed by atoms with E-state index < -0.39 is 0 Å². The van der Waals surface area contributed by atoms with Crippen LogP contribution in [0.25, 0.3) is 0 Å². The van der Waals surface area contributed by atoms with E-state index >= 15 is 0 Å². The van der Waals surface area contributed by atoms with E-state index in [1.54, 1.807) is 6.07 Å². The second-order valence-corrected chi connectivity index (χ2v) is 7.46. The minimum absolute atomic E-state index is 0.240. The minimum Gasteiger partial charge on any atom is -0.494 e. The standard InChI is InChI=1S/C20H22FN3O/c1-25-18-4-2-3-13(19(18)21)11-24-14-7-8-17(24)15-10-22-20(12-5-6-12)23-16(15)9-14/h2-4,10,12,14,17H,5-9,11H2,1H3/t14-,17-/m0/s1. The second kappa shape index (κ2) is 5.77. The number of benzene rings is 1. The summed E-state index contributed by atoms with van der Waals surface area (Å²) >= 11 is 0. The van der Waals surface area contributed by atoms with E-state index in [2.05, 4.69) is 9.88 Å². The van der Waals surface area contributed by atoms with Crippen LogP contribution in [0.5, 0.6) is 5.75 Å². The molecule has 2 aromatic rings. The van der Waals surface area contributed by atoms with Gasteiger partial charge in [-0.15, -0.1) is 0 Å². The van der Waals surface area contributed by atoms with Gasteiger partial charge in [0.05, 0.1) is 12.8 Å². The average molecular weight is 339 g/mol. The van der Waals surface area contributed by atoms with Crippen LogP contribution < -0.4 is 4.74 Å². The van der Waals surface area contributed by atoms with Gasteiger partial charge in [0.25, 0.3) is 0 Å². The van der Waals surface area contributed by atoms with Crippen molar-refractivity contribution in [2.75, 3.05) is 7.11 Å². The van der Waals surface area contributed by atoms with Gasteiger partial charge in [-0.05, 0) is 31.7 Å². The minimum atomic E-state index is -0.240. The highest BCUT2D eigenvalue weighted by atomic mass is 19.1. The summed E-state index contributed by atoms with van der Waals surface area (Å²) in [6.45, 7) is 0.613. The first kappa shape index (κ1) is 15.3. The molecule has 1 saturated heterocycles. The molecule has 0 amide bonds.